The van der Waals surface area contributed by atoms with Crippen LogP contribution in [0.5, 0.6) is 0 Å². The van der Waals surface area contributed by atoms with E-state index in [0.29, 0.717) is 25.3 Å². The smallest absolute Gasteiger partial charge is 0.321 e. The molecule has 5 rings (SSSR count). The van der Waals surface area contributed by atoms with Crippen LogP contribution in [0.3, 0.4) is 0 Å². The second kappa shape index (κ2) is 10.5. The average molecular weight is 471 g/mol. The van der Waals surface area contributed by atoms with Crippen molar-refractivity contribution in [1.29, 1.82) is 0 Å². The van der Waals surface area contributed by atoms with Crippen molar-refractivity contribution < 1.29 is 9.32 Å². The number of fused-ring (bicyclic) bond motifs is 1. The molecule has 0 aliphatic carbocycles. The van der Waals surface area contributed by atoms with E-state index in [1.54, 1.807) is 0 Å². The van der Waals surface area contributed by atoms with E-state index < -0.39 is 0 Å². The highest BCUT2D eigenvalue weighted by molar-refractivity contribution is 5.98. The van der Waals surface area contributed by atoms with Crippen LogP contribution >= 0.6 is 0 Å². The molecule has 1 saturated heterocycles. The van der Waals surface area contributed by atoms with Gasteiger partial charge in [0, 0.05) is 43.9 Å². The maximum Gasteiger partial charge on any atom is 0.321 e. The first-order chi connectivity index (χ1) is 17.2. The molecule has 2 amide bonds. The lowest BCUT2D eigenvalue weighted by molar-refractivity contribution is 0.215. The van der Waals surface area contributed by atoms with Gasteiger partial charge in [0.2, 0.25) is 0 Å². The summed E-state index contributed by atoms with van der Waals surface area (Å²) in [6, 6.07) is 19.5. The normalized spacial score (nSPS) is 14.2. The Balaban J connectivity index is 1.43. The summed E-state index contributed by atoms with van der Waals surface area (Å²) in [6.45, 7) is 4.89. The molecule has 1 fully saturated rings. The lowest BCUT2D eigenvalue weighted by Crippen LogP contribution is -2.38. The summed E-state index contributed by atoms with van der Waals surface area (Å²) < 4.78 is 5.71. The molecule has 4 aromatic rings. The van der Waals surface area contributed by atoms with Gasteiger partial charge in [-0.2, -0.15) is 4.98 Å². The number of benzene rings is 2. The Kier molecular flexibility index (Phi) is 6.88. The maximum atomic E-state index is 12.9. The van der Waals surface area contributed by atoms with E-state index in [1.165, 1.54) is 0 Å². The molecular weight excluding hydrogens is 440 g/mol. The van der Waals surface area contributed by atoms with Gasteiger partial charge >= 0.3 is 6.03 Å². The lowest BCUT2D eigenvalue weighted by atomic mass is 10.1. The van der Waals surface area contributed by atoms with Crippen LogP contribution in [-0.2, 0) is 6.42 Å². The van der Waals surface area contributed by atoms with Crippen LogP contribution in [-0.4, -0.2) is 52.2 Å². The molecule has 1 aliphatic rings. The number of rotatable bonds is 6. The monoisotopic (exact) mass is 470 g/mol. The van der Waals surface area contributed by atoms with Crippen molar-refractivity contribution in [2.75, 3.05) is 36.4 Å². The third-order valence-electron chi connectivity index (χ3n) is 6.27. The number of aryl methyl sites for hydroxylation is 1. The fraction of sp³-hybridized carbons (Fsp3) is 0.333. The lowest BCUT2D eigenvalue weighted by Gasteiger charge is -2.24. The van der Waals surface area contributed by atoms with Gasteiger partial charge in [-0.3, -0.25) is 0 Å². The molecule has 1 N–H and O–H groups in total. The van der Waals surface area contributed by atoms with Gasteiger partial charge in [0.25, 0.3) is 5.71 Å². The molecule has 8 heteroatoms. The molecular formula is C27H30N6O2. The molecule has 2 aromatic carbocycles. The minimum absolute atomic E-state index is 0.0792. The molecule has 1 aliphatic heterocycles. The predicted octanol–water partition coefficient (Wildman–Crippen LogP) is 5.37. The Morgan fingerprint density at radius 2 is 1.74 bits per heavy atom. The van der Waals surface area contributed by atoms with E-state index in [2.05, 4.69) is 27.3 Å². The Morgan fingerprint density at radius 1 is 0.971 bits per heavy atom. The number of aromatic nitrogens is 3. The van der Waals surface area contributed by atoms with Gasteiger partial charge in [0.1, 0.15) is 22.7 Å². The standard InChI is InChI=1S/C27H30N6O2/c1-2-3-15-22-29-25(23-24(31-35-26(23)30-22)20-11-6-4-7-12-20)32-16-10-17-33(19-18-32)27(34)28-21-13-8-5-9-14-21/h4-9,11-14H,2-3,10,15-19H2,1H3,(H,28,34). The fourth-order valence-corrected chi connectivity index (χ4v) is 4.40. The van der Waals surface area contributed by atoms with Crippen LogP contribution < -0.4 is 10.2 Å². The van der Waals surface area contributed by atoms with Crippen LogP contribution in [0.2, 0.25) is 0 Å². The highest BCUT2D eigenvalue weighted by Crippen LogP contribution is 2.34. The molecule has 35 heavy (non-hydrogen) atoms. The summed E-state index contributed by atoms with van der Waals surface area (Å²) in [6.07, 6.45) is 3.71. The number of nitrogens with one attached hydrogen (secondary N) is 1. The zero-order valence-electron chi connectivity index (χ0n) is 20.0. The van der Waals surface area contributed by atoms with Crippen molar-refractivity contribution in [2.24, 2.45) is 0 Å². The molecule has 180 valence electrons. The summed E-state index contributed by atoms with van der Waals surface area (Å²) in [5.41, 5.74) is 3.04. The molecule has 0 atom stereocenters. The Bertz CT molecular complexity index is 1280. The van der Waals surface area contributed by atoms with Crippen molar-refractivity contribution in [3.63, 3.8) is 0 Å². The van der Waals surface area contributed by atoms with Gasteiger partial charge in [-0.05, 0) is 25.0 Å². The van der Waals surface area contributed by atoms with Crippen LogP contribution in [0.1, 0.15) is 32.0 Å². The minimum atomic E-state index is -0.0792. The minimum Gasteiger partial charge on any atom is -0.354 e. The number of urea groups is 1. The first-order valence-corrected chi connectivity index (χ1v) is 12.3. The summed E-state index contributed by atoms with van der Waals surface area (Å²) in [5, 5.41) is 8.21. The van der Waals surface area contributed by atoms with E-state index >= 15 is 0 Å². The van der Waals surface area contributed by atoms with Gasteiger partial charge < -0.3 is 19.6 Å². The highest BCUT2D eigenvalue weighted by Gasteiger charge is 2.25. The molecule has 0 spiro atoms. The van der Waals surface area contributed by atoms with Crippen LogP contribution in [0.25, 0.3) is 22.4 Å². The third-order valence-corrected chi connectivity index (χ3v) is 6.27. The van der Waals surface area contributed by atoms with Crippen molar-refractivity contribution in [3.05, 3.63) is 66.5 Å². The van der Waals surface area contributed by atoms with Gasteiger partial charge in [-0.15, -0.1) is 0 Å². The van der Waals surface area contributed by atoms with E-state index in [1.807, 2.05) is 65.6 Å². The number of para-hydroxylation sites is 1. The van der Waals surface area contributed by atoms with Gasteiger partial charge in [-0.1, -0.05) is 67.0 Å². The summed E-state index contributed by atoms with van der Waals surface area (Å²) in [7, 11) is 0. The number of amides is 2. The molecule has 0 unspecified atom stereocenters. The number of carbonyl (C=O) groups excluding carboxylic acids is 1. The average Bonchev–Trinajstić information content (AvgIpc) is 3.16. The topological polar surface area (TPSA) is 87.4 Å². The zero-order valence-corrected chi connectivity index (χ0v) is 20.0. The number of hydrogen-bond acceptors (Lipinski definition) is 6. The SMILES string of the molecule is CCCCc1nc(N2CCCN(C(=O)Nc3ccccc3)CC2)c2c(-c3ccccc3)noc2n1. The second-order valence-corrected chi connectivity index (χ2v) is 8.77. The van der Waals surface area contributed by atoms with Crippen molar-refractivity contribution >= 4 is 28.6 Å². The molecule has 3 heterocycles. The van der Waals surface area contributed by atoms with Crippen molar-refractivity contribution in [3.8, 4) is 11.3 Å². The van der Waals surface area contributed by atoms with Crippen LogP contribution in [0.4, 0.5) is 16.3 Å². The van der Waals surface area contributed by atoms with Gasteiger partial charge in [0.05, 0.1) is 0 Å². The van der Waals surface area contributed by atoms with Gasteiger partial charge in [0.15, 0.2) is 0 Å². The van der Waals surface area contributed by atoms with E-state index in [0.717, 1.165) is 66.2 Å². The summed E-state index contributed by atoms with van der Waals surface area (Å²) in [4.78, 5) is 26.7. The second-order valence-electron chi connectivity index (χ2n) is 8.77. The summed E-state index contributed by atoms with van der Waals surface area (Å²) >= 11 is 0. The molecule has 0 radical (unpaired) electrons. The predicted molar refractivity (Wildman–Crippen MR) is 138 cm³/mol. The number of unbranched alkanes of at least 4 members (excludes halogenated alkanes) is 1. The quantitative estimate of drug-likeness (QED) is 0.408. The molecule has 8 nitrogen and oxygen atoms in total. The molecule has 0 saturated carbocycles. The fourth-order valence-electron chi connectivity index (χ4n) is 4.40. The van der Waals surface area contributed by atoms with Crippen molar-refractivity contribution in [1.82, 2.24) is 20.0 Å². The number of hydrogen-bond donors (Lipinski definition) is 1. The summed E-state index contributed by atoms with van der Waals surface area (Å²) in [5.74, 6) is 1.61. The van der Waals surface area contributed by atoms with Crippen LogP contribution in [0.15, 0.2) is 65.2 Å². The van der Waals surface area contributed by atoms with Gasteiger partial charge in [-0.25, -0.2) is 9.78 Å². The Morgan fingerprint density at radius 3 is 2.51 bits per heavy atom. The van der Waals surface area contributed by atoms with Crippen molar-refractivity contribution in [2.45, 2.75) is 32.6 Å². The maximum absolute atomic E-state index is 12.9. The third kappa shape index (κ3) is 5.11. The number of anilines is 2. The Hall–Kier alpha value is -3.94. The van der Waals surface area contributed by atoms with E-state index in [4.69, 9.17) is 9.51 Å². The van der Waals surface area contributed by atoms with Crippen LogP contribution in [0, 0.1) is 0 Å². The first-order valence-electron chi connectivity index (χ1n) is 12.3. The van der Waals surface area contributed by atoms with E-state index in [9.17, 15) is 4.79 Å². The zero-order chi connectivity index (χ0) is 24.0. The Labute approximate surface area is 205 Å². The largest absolute Gasteiger partial charge is 0.354 e. The number of nitrogens with zero attached hydrogens (tertiary/aromatic N) is 5. The molecule has 2 aromatic heterocycles. The van der Waals surface area contributed by atoms with E-state index in [-0.39, 0.29) is 6.03 Å². The number of carbonyl (C=O) groups is 1. The first kappa shape index (κ1) is 22.8. The highest BCUT2D eigenvalue weighted by atomic mass is 16.5. The molecule has 0 bridgehead atoms.